The summed E-state index contributed by atoms with van der Waals surface area (Å²) in [6.45, 7) is 2.97. The maximum atomic E-state index is 12.6. The number of hydrogen-bond donors (Lipinski definition) is 0. The van der Waals surface area contributed by atoms with E-state index in [4.69, 9.17) is 32.7 Å². The summed E-state index contributed by atoms with van der Waals surface area (Å²) in [6.07, 6.45) is 0.154. The first-order valence-electron chi connectivity index (χ1n) is 7.12. The van der Waals surface area contributed by atoms with E-state index >= 15 is 0 Å². The van der Waals surface area contributed by atoms with Crippen LogP contribution in [0.3, 0.4) is 0 Å². The van der Waals surface area contributed by atoms with E-state index in [0.29, 0.717) is 4.73 Å². The van der Waals surface area contributed by atoms with Gasteiger partial charge in [-0.05, 0) is 13.0 Å². The number of aromatic nitrogens is 2. The van der Waals surface area contributed by atoms with Gasteiger partial charge in [-0.3, -0.25) is 4.79 Å². The van der Waals surface area contributed by atoms with Crippen LogP contribution in [0.4, 0.5) is 0 Å². The molecular weight excluding hydrogens is 359 g/mol. The molecule has 0 radical (unpaired) electrons. The lowest BCUT2D eigenvalue weighted by molar-refractivity contribution is -0.581. The van der Waals surface area contributed by atoms with Crippen molar-refractivity contribution in [2.45, 2.75) is 26.9 Å². The molecule has 0 saturated carbocycles. The minimum absolute atomic E-state index is 0.0175. The molecule has 1 heterocycles. The van der Waals surface area contributed by atoms with Crippen LogP contribution in [0.2, 0.25) is 10.0 Å². The van der Waals surface area contributed by atoms with Crippen LogP contribution in [-0.4, -0.2) is 23.5 Å². The first-order chi connectivity index (χ1) is 11.4. The Kier molecular flexibility index (Phi) is 5.80. The smallest absolute Gasteiger partial charge is 0.407 e. The molecule has 0 fully saturated rings. The molecule has 24 heavy (non-hydrogen) atoms. The summed E-state index contributed by atoms with van der Waals surface area (Å²) < 4.78 is 10.2. The highest BCUT2D eigenvalue weighted by Crippen LogP contribution is 2.26. The fourth-order valence-corrected chi connectivity index (χ4v) is 2.28. The van der Waals surface area contributed by atoms with Crippen molar-refractivity contribution < 1.29 is 23.8 Å². The van der Waals surface area contributed by atoms with E-state index in [2.05, 4.69) is 4.98 Å². The number of ether oxygens (including phenoxy) is 2. The molecule has 0 atom stereocenters. The fourth-order valence-electron chi connectivity index (χ4n) is 1.97. The van der Waals surface area contributed by atoms with E-state index in [1.54, 1.807) is 13.8 Å². The van der Waals surface area contributed by atoms with E-state index < -0.39 is 11.9 Å². The number of esters is 2. The largest absolute Gasteiger partial charge is 0.618 e. The summed E-state index contributed by atoms with van der Waals surface area (Å²) in [5, 5.41) is 12.9. The van der Waals surface area contributed by atoms with Gasteiger partial charge in [0.2, 0.25) is 5.52 Å². The van der Waals surface area contributed by atoms with Crippen molar-refractivity contribution in [2.75, 3.05) is 6.61 Å². The van der Waals surface area contributed by atoms with Crippen LogP contribution < -0.4 is 4.73 Å². The molecule has 0 bridgehead atoms. The number of fused-ring (bicyclic) bond motifs is 1. The van der Waals surface area contributed by atoms with Crippen molar-refractivity contribution in [3.63, 3.8) is 0 Å². The second-order valence-corrected chi connectivity index (χ2v) is 5.51. The second-order valence-electron chi connectivity index (χ2n) is 4.69. The van der Waals surface area contributed by atoms with E-state index in [1.807, 2.05) is 0 Å². The van der Waals surface area contributed by atoms with E-state index in [-0.39, 0.29) is 52.1 Å². The zero-order valence-corrected chi connectivity index (χ0v) is 14.5. The van der Waals surface area contributed by atoms with Gasteiger partial charge in [0.05, 0.1) is 16.7 Å². The van der Waals surface area contributed by atoms with Gasteiger partial charge < -0.3 is 14.7 Å². The van der Waals surface area contributed by atoms with Gasteiger partial charge in [0, 0.05) is 12.5 Å². The Morgan fingerprint density at radius 1 is 1.21 bits per heavy atom. The van der Waals surface area contributed by atoms with Gasteiger partial charge in [0.15, 0.2) is 5.69 Å². The number of nitrogens with zero attached hydrogens (tertiary/aromatic N) is 2. The minimum Gasteiger partial charge on any atom is -0.618 e. The summed E-state index contributed by atoms with van der Waals surface area (Å²) in [5.41, 5.74) is -0.101. The van der Waals surface area contributed by atoms with Crippen molar-refractivity contribution >= 4 is 46.2 Å². The van der Waals surface area contributed by atoms with Gasteiger partial charge in [-0.25, -0.2) is 9.78 Å². The number of rotatable bonds is 5. The molecule has 0 unspecified atom stereocenters. The van der Waals surface area contributed by atoms with Crippen molar-refractivity contribution in [3.05, 3.63) is 38.8 Å². The molecule has 9 heteroatoms. The van der Waals surface area contributed by atoms with E-state index in [1.165, 1.54) is 12.1 Å². The summed E-state index contributed by atoms with van der Waals surface area (Å²) in [6, 6.07) is 2.71. The molecule has 0 aliphatic rings. The van der Waals surface area contributed by atoms with Crippen LogP contribution >= 0.6 is 23.2 Å². The van der Waals surface area contributed by atoms with E-state index in [9.17, 15) is 14.8 Å². The van der Waals surface area contributed by atoms with Crippen LogP contribution in [0.5, 0.6) is 0 Å². The quantitative estimate of drug-likeness (QED) is 0.455. The molecule has 2 rings (SSSR count). The Hall–Kier alpha value is -2.12. The topological polar surface area (TPSA) is 92.4 Å². The molecule has 7 nitrogen and oxygen atoms in total. The lowest BCUT2D eigenvalue weighted by Gasteiger charge is -2.11. The Bertz CT molecular complexity index is 810. The molecule has 0 aliphatic heterocycles. The first-order valence-corrected chi connectivity index (χ1v) is 7.88. The van der Waals surface area contributed by atoms with Crippen LogP contribution in [0.15, 0.2) is 12.1 Å². The van der Waals surface area contributed by atoms with Gasteiger partial charge in [-0.1, -0.05) is 30.1 Å². The molecule has 128 valence electrons. The fraction of sp³-hybridized carbons (Fsp3) is 0.333. The molecule has 0 aliphatic carbocycles. The van der Waals surface area contributed by atoms with Gasteiger partial charge >= 0.3 is 17.6 Å². The number of carbonyl (C=O) groups excluding carboxylic acids is 2. The Labute approximate surface area is 147 Å². The minimum atomic E-state index is -0.865. The standard InChI is InChI=1S/C15H14Cl2N2O5/c1-3-13(20)24-7-11-14(15(21)23-4-2)19(22)12-6-9(17)8(16)5-10(12)18-11/h5-6H,3-4,7H2,1-2H3. The average molecular weight is 373 g/mol. The second kappa shape index (κ2) is 7.63. The lowest BCUT2D eigenvalue weighted by atomic mass is 10.2. The molecule has 0 N–H and O–H groups in total. The number of carbonyl (C=O) groups is 2. The van der Waals surface area contributed by atoms with Gasteiger partial charge in [-0.15, -0.1) is 0 Å². The highest BCUT2D eigenvalue weighted by atomic mass is 35.5. The van der Waals surface area contributed by atoms with Crippen molar-refractivity contribution in [3.8, 4) is 0 Å². The summed E-state index contributed by atoms with van der Waals surface area (Å²) in [5.74, 6) is -1.35. The van der Waals surface area contributed by atoms with Crippen molar-refractivity contribution in [1.29, 1.82) is 0 Å². The molecule has 2 aromatic rings. The molecule has 1 aromatic carbocycles. The maximum absolute atomic E-state index is 12.6. The van der Waals surface area contributed by atoms with Crippen molar-refractivity contribution in [1.82, 2.24) is 4.98 Å². The van der Waals surface area contributed by atoms with Gasteiger partial charge in [-0.2, -0.15) is 4.73 Å². The average Bonchev–Trinajstić information content (AvgIpc) is 2.54. The molecular formula is C15H14Cl2N2O5. The predicted molar refractivity (Wildman–Crippen MR) is 86.8 cm³/mol. The van der Waals surface area contributed by atoms with Crippen LogP contribution in [0.25, 0.3) is 11.0 Å². The third kappa shape index (κ3) is 3.68. The molecule has 1 aromatic heterocycles. The van der Waals surface area contributed by atoms with E-state index in [0.717, 1.165) is 0 Å². The van der Waals surface area contributed by atoms with Crippen molar-refractivity contribution in [2.24, 2.45) is 0 Å². The molecule has 0 spiro atoms. The van der Waals surface area contributed by atoms with Gasteiger partial charge in [0.25, 0.3) is 0 Å². The van der Waals surface area contributed by atoms with Crippen LogP contribution in [0.1, 0.15) is 36.5 Å². The zero-order valence-electron chi connectivity index (χ0n) is 13.0. The van der Waals surface area contributed by atoms with Crippen LogP contribution in [-0.2, 0) is 20.9 Å². The summed E-state index contributed by atoms with van der Waals surface area (Å²) >= 11 is 11.9. The highest BCUT2D eigenvalue weighted by molar-refractivity contribution is 6.42. The monoisotopic (exact) mass is 372 g/mol. The highest BCUT2D eigenvalue weighted by Gasteiger charge is 2.28. The third-order valence-electron chi connectivity index (χ3n) is 3.10. The zero-order chi connectivity index (χ0) is 17.9. The number of hydrogen-bond acceptors (Lipinski definition) is 6. The van der Waals surface area contributed by atoms with Crippen LogP contribution in [0, 0.1) is 5.21 Å². The molecule has 0 amide bonds. The number of benzene rings is 1. The number of halogens is 2. The first kappa shape index (κ1) is 18.2. The Balaban J connectivity index is 2.62. The van der Waals surface area contributed by atoms with Gasteiger partial charge in [0.1, 0.15) is 12.1 Å². The maximum Gasteiger partial charge on any atom is 0.407 e. The third-order valence-corrected chi connectivity index (χ3v) is 3.82. The normalized spacial score (nSPS) is 10.7. The summed E-state index contributed by atoms with van der Waals surface area (Å²) in [7, 11) is 0. The predicted octanol–water partition coefficient (Wildman–Crippen LogP) is 2.80. The SMILES string of the molecule is CCOC(=O)c1c(COC(=O)CC)nc2cc(Cl)c(Cl)cc2[n+]1[O-]. The molecule has 0 saturated heterocycles. The Morgan fingerprint density at radius 3 is 2.50 bits per heavy atom. The Morgan fingerprint density at radius 2 is 1.88 bits per heavy atom. The lowest BCUT2D eigenvalue weighted by Crippen LogP contribution is -2.39. The summed E-state index contributed by atoms with van der Waals surface area (Å²) in [4.78, 5) is 27.7.